The molecule has 0 saturated carbocycles. The zero-order valence-electron chi connectivity index (χ0n) is 17.5. The van der Waals surface area contributed by atoms with Gasteiger partial charge in [0.25, 0.3) is 0 Å². The molecule has 1 aromatic heterocycles. The molecule has 0 radical (unpaired) electrons. The molecule has 5 rings (SSSR count). The van der Waals surface area contributed by atoms with Crippen LogP contribution in [0.5, 0.6) is 5.88 Å². The summed E-state index contributed by atoms with van der Waals surface area (Å²) in [5.41, 5.74) is 6.10. The van der Waals surface area contributed by atoms with Gasteiger partial charge in [0, 0.05) is 22.8 Å². The summed E-state index contributed by atoms with van der Waals surface area (Å²) in [7, 11) is 0. The smallest absolute Gasteiger partial charge is 0.429 e. The van der Waals surface area contributed by atoms with E-state index in [4.69, 9.17) is 21.1 Å². The summed E-state index contributed by atoms with van der Waals surface area (Å²) in [6.07, 6.45) is 1.22. The summed E-state index contributed by atoms with van der Waals surface area (Å²) in [6, 6.07) is 27.4. The topological polar surface area (TPSA) is 40.5 Å². The second-order valence-corrected chi connectivity index (χ2v) is 8.19. The summed E-state index contributed by atoms with van der Waals surface area (Å²) in [5, 5.41) is 0.659. The van der Waals surface area contributed by atoms with Gasteiger partial charge in [0.2, 0.25) is 5.88 Å². The minimum absolute atomic E-state index is 0.162. The molecular weight excluding hydrogens is 422 g/mol. The van der Waals surface area contributed by atoms with Crippen LogP contribution in [0.1, 0.15) is 17.7 Å². The molecule has 0 fully saturated rings. The maximum Gasteiger partial charge on any atom is 0.515 e. The van der Waals surface area contributed by atoms with E-state index in [1.807, 2.05) is 72.8 Å². The summed E-state index contributed by atoms with van der Waals surface area (Å²) < 4.78 is 13.4. The Morgan fingerprint density at radius 3 is 2.22 bits per heavy atom. The maximum absolute atomic E-state index is 12.7. The Hall–Kier alpha value is -3.50. The number of carbonyl (C=O) groups excluding carboxylic acids is 1. The van der Waals surface area contributed by atoms with E-state index in [2.05, 4.69) is 16.7 Å². The molecule has 0 spiro atoms. The number of benzene rings is 3. The first-order valence-electron chi connectivity index (χ1n) is 10.7. The van der Waals surface area contributed by atoms with Crippen molar-refractivity contribution in [3.05, 3.63) is 101 Å². The van der Waals surface area contributed by atoms with Gasteiger partial charge in [-0.3, -0.25) is 0 Å². The fraction of sp³-hybridized carbons (Fsp3) is 0.148. The van der Waals surface area contributed by atoms with Gasteiger partial charge in [-0.05, 0) is 41.7 Å². The van der Waals surface area contributed by atoms with Crippen LogP contribution in [0.2, 0.25) is 5.02 Å². The highest BCUT2D eigenvalue weighted by atomic mass is 35.5. The van der Waals surface area contributed by atoms with Gasteiger partial charge in [-0.2, -0.15) is 0 Å². The number of ether oxygens (including phenoxy) is 2. The van der Waals surface area contributed by atoms with Gasteiger partial charge >= 0.3 is 6.16 Å². The van der Waals surface area contributed by atoms with E-state index >= 15 is 0 Å². The molecule has 1 aliphatic rings. The van der Waals surface area contributed by atoms with Gasteiger partial charge in [-0.1, -0.05) is 84.4 Å². The highest BCUT2D eigenvalue weighted by molar-refractivity contribution is 6.30. The van der Waals surface area contributed by atoms with Gasteiger partial charge in [-0.15, -0.1) is 0 Å². The predicted molar refractivity (Wildman–Crippen MR) is 126 cm³/mol. The van der Waals surface area contributed by atoms with Crippen molar-refractivity contribution in [2.75, 3.05) is 0 Å². The molecule has 4 aromatic rings. The largest absolute Gasteiger partial charge is 0.515 e. The third-order valence-electron chi connectivity index (χ3n) is 5.69. The molecule has 0 unspecified atom stereocenters. The first kappa shape index (κ1) is 20.4. The van der Waals surface area contributed by atoms with Crippen LogP contribution < -0.4 is 4.74 Å². The van der Waals surface area contributed by atoms with Crippen LogP contribution in [-0.2, 0) is 24.3 Å². The van der Waals surface area contributed by atoms with Crippen molar-refractivity contribution in [1.82, 2.24) is 4.57 Å². The van der Waals surface area contributed by atoms with E-state index in [9.17, 15) is 4.79 Å². The van der Waals surface area contributed by atoms with Crippen molar-refractivity contribution in [3.8, 4) is 28.1 Å². The summed E-state index contributed by atoms with van der Waals surface area (Å²) in [4.78, 5) is 12.7. The van der Waals surface area contributed by atoms with E-state index in [-0.39, 0.29) is 6.61 Å². The van der Waals surface area contributed by atoms with Gasteiger partial charge in [0.15, 0.2) is 0 Å². The van der Waals surface area contributed by atoms with Gasteiger partial charge in [-0.25, -0.2) is 4.79 Å². The first-order chi connectivity index (χ1) is 15.7. The Balaban J connectivity index is 1.55. The van der Waals surface area contributed by atoms with Crippen molar-refractivity contribution in [2.45, 2.75) is 26.0 Å². The molecule has 2 heterocycles. The van der Waals surface area contributed by atoms with Crippen LogP contribution in [0.25, 0.3) is 22.3 Å². The SMILES string of the molecule is O=C(OCc1ccccc1)Oc1c(-c2ccc(Cl)cc2)c(-c2ccccc2)c2n1CCC2. The van der Waals surface area contributed by atoms with Crippen molar-refractivity contribution in [3.63, 3.8) is 0 Å². The number of halogens is 1. The molecular formula is C27H22ClNO3. The highest BCUT2D eigenvalue weighted by Crippen LogP contribution is 2.47. The van der Waals surface area contributed by atoms with Crippen LogP contribution in [0.4, 0.5) is 4.79 Å². The van der Waals surface area contributed by atoms with Crippen LogP contribution >= 0.6 is 11.6 Å². The molecule has 0 bridgehead atoms. The zero-order valence-corrected chi connectivity index (χ0v) is 18.2. The molecule has 0 amide bonds. The normalized spacial score (nSPS) is 12.4. The molecule has 0 N–H and O–H groups in total. The van der Waals surface area contributed by atoms with Crippen LogP contribution in [0, 0.1) is 0 Å². The van der Waals surface area contributed by atoms with E-state index < -0.39 is 6.16 Å². The number of hydrogen-bond acceptors (Lipinski definition) is 3. The number of aromatic nitrogens is 1. The van der Waals surface area contributed by atoms with E-state index in [0.717, 1.165) is 47.2 Å². The van der Waals surface area contributed by atoms with Crippen LogP contribution in [-0.4, -0.2) is 10.7 Å². The quantitative estimate of drug-likeness (QED) is 0.308. The lowest BCUT2D eigenvalue weighted by molar-refractivity contribution is 0.0901. The summed E-state index contributed by atoms with van der Waals surface area (Å²) >= 11 is 6.14. The zero-order chi connectivity index (χ0) is 21.9. The number of rotatable bonds is 5. The number of hydrogen-bond donors (Lipinski definition) is 0. The van der Waals surface area contributed by atoms with E-state index in [1.165, 1.54) is 5.69 Å². The standard InChI is InChI=1S/C27H22ClNO3/c28-22-15-13-21(14-16-22)25-24(20-10-5-2-6-11-20)23-12-7-17-29(23)26(25)32-27(30)31-18-19-8-3-1-4-9-19/h1-6,8-11,13-16H,7,12,17-18H2. The van der Waals surface area contributed by atoms with Crippen LogP contribution in [0.15, 0.2) is 84.9 Å². The molecule has 160 valence electrons. The molecule has 0 atom stereocenters. The van der Waals surface area contributed by atoms with Gasteiger partial charge in [0.1, 0.15) is 6.61 Å². The molecule has 3 aromatic carbocycles. The summed E-state index contributed by atoms with van der Waals surface area (Å²) in [6.45, 7) is 0.957. The Morgan fingerprint density at radius 1 is 0.844 bits per heavy atom. The Kier molecular flexibility index (Phi) is 5.70. The Labute approximate surface area is 192 Å². The average molecular weight is 444 g/mol. The second kappa shape index (κ2) is 8.93. The van der Waals surface area contributed by atoms with E-state index in [0.29, 0.717) is 10.9 Å². The number of fused-ring (bicyclic) bond motifs is 1. The number of carbonyl (C=O) groups is 1. The van der Waals surface area contributed by atoms with Gasteiger partial charge < -0.3 is 14.0 Å². The second-order valence-electron chi connectivity index (χ2n) is 7.76. The Bertz CT molecular complexity index is 1230. The molecule has 0 saturated heterocycles. The lowest BCUT2D eigenvalue weighted by Crippen LogP contribution is -2.13. The molecule has 32 heavy (non-hydrogen) atoms. The molecule has 1 aliphatic heterocycles. The molecule has 5 heteroatoms. The molecule has 4 nitrogen and oxygen atoms in total. The first-order valence-corrected chi connectivity index (χ1v) is 11.0. The highest BCUT2D eigenvalue weighted by Gasteiger charge is 2.30. The predicted octanol–water partition coefficient (Wildman–Crippen LogP) is 7.14. The van der Waals surface area contributed by atoms with Gasteiger partial charge in [0.05, 0.1) is 5.56 Å². The Morgan fingerprint density at radius 2 is 1.50 bits per heavy atom. The van der Waals surface area contributed by atoms with E-state index in [1.54, 1.807) is 0 Å². The third kappa shape index (κ3) is 4.02. The fourth-order valence-corrected chi connectivity index (χ4v) is 4.40. The number of nitrogens with zero attached hydrogens (tertiary/aromatic N) is 1. The van der Waals surface area contributed by atoms with Crippen molar-refractivity contribution in [2.24, 2.45) is 0 Å². The fourth-order valence-electron chi connectivity index (χ4n) is 4.28. The van der Waals surface area contributed by atoms with Crippen molar-refractivity contribution >= 4 is 17.8 Å². The summed E-state index contributed by atoms with van der Waals surface area (Å²) in [5.74, 6) is 0.525. The monoisotopic (exact) mass is 443 g/mol. The minimum Gasteiger partial charge on any atom is -0.429 e. The minimum atomic E-state index is -0.712. The van der Waals surface area contributed by atoms with Crippen molar-refractivity contribution < 1.29 is 14.3 Å². The third-order valence-corrected chi connectivity index (χ3v) is 5.95. The van der Waals surface area contributed by atoms with Crippen molar-refractivity contribution in [1.29, 1.82) is 0 Å². The average Bonchev–Trinajstić information content (AvgIpc) is 3.41. The maximum atomic E-state index is 12.7. The lowest BCUT2D eigenvalue weighted by atomic mass is 9.95. The van der Waals surface area contributed by atoms with Crippen LogP contribution in [0.3, 0.4) is 0 Å². The lowest BCUT2D eigenvalue weighted by Gasteiger charge is -2.12. The molecule has 0 aliphatic carbocycles.